The van der Waals surface area contributed by atoms with Gasteiger partial charge in [0.05, 0.1) is 5.60 Å². The summed E-state index contributed by atoms with van der Waals surface area (Å²) < 4.78 is 0. The summed E-state index contributed by atoms with van der Waals surface area (Å²) in [5.74, 6) is 0. The Bertz CT molecular complexity index is 160. The molecule has 0 bridgehead atoms. The molecule has 0 heterocycles. The van der Waals surface area contributed by atoms with Crippen LogP contribution < -0.4 is 0 Å². The van der Waals surface area contributed by atoms with E-state index in [0.29, 0.717) is 0 Å². The second-order valence-corrected chi connectivity index (χ2v) is 4.94. The van der Waals surface area contributed by atoms with Crippen LogP contribution in [0.1, 0.15) is 53.9 Å². The van der Waals surface area contributed by atoms with Crippen molar-refractivity contribution in [3.05, 3.63) is 12.2 Å². The van der Waals surface area contributed by atoms with Crippen LogP contribution in [0.4, 0.5) is 0 Å². The van der Waals surface area contributed by atoms with Gasteiger partial charge in [-0.2, -0.15) is 0 Å². The highest BCUT2D eigenvalue weighted by molar-refractivity contribution is 5.04. The monoisotopic (exact) mass is 184 g/mol. The van der Waals surface area contributed by atoms with E-state index < -0.39 is 5.60 Å². The second-order valence-electron chi connectivity index (χ2n) is 4.94. The molecule has 0 radical (unpaired) electrons. The van der Waals surface area contributed by atoms with Gasteiger partial charge in [-0.1, -0.05) is 52.7 Å². The Morgan fingerprint density at radius 3 is 2.08 bits per heavy atom. The maximum absolute atomic E-state index is 10.1. The van der Waals surface area contributed by atoms with Crippen LogP contribution in [0, 0.1) is 5.41 Å². The van der Waals surface area contributed by atoms with Crippen LogP contribution in [-0.2, 0) is 0 Å². The van der Waals surface area contributed by atoms with E-state index in [0.717, 1.165) is 6.42 Å². The van der Waals surface area contributed by atoms with Gasteiger partial charge in [0.2, 0.25) is 0 Å². The third-order valence-corrected chi connectivity index (χ3v) is 2.69. The Kier molecular flexibility index (Phi) is 4.69. The van der Waals surface area contributed by atoms with E-state index in [4.69, 9.17) is 0 Å². The predicted molar refractivity (Wildman–Crippen MR) is 58.7 cm³/mol. The van der Waals surface area contributed by atoms with Gasteiger partial charge in [0.25, 0.3) is 0 Å². The summed E-state index contributed by atoms with van der Waals surface area (Å²) in [5, 5.41) is 10.1. The first-order valence-corrected chi connectivity index (χ1v) is 5.21. The first kappa shape index (κ1) is 12.7. The molecule has 0 rings (SSSR count). The largest absolute Gasteiger partial charge is 0.386 e. The lowest BCUT2D eigenvalue weighted by Gasteiger charge is -2.34. The number of allylic oxidation sites excluding steroid dienone is 1. The van der Waals surface area contributed by atoms with Crippen LogP contribution in [0.2, 0.25) is 0 Å². The highest BCUT2D eigenvalue weighted by atomic mass is 16.3. The van der Waals surface area contributed by atoms with Gasteiger partial charge in [-0.3, -0.25) is 0 Å². The van der Waals surface area contributed by atoms with Crippen LogP contribution in [0.15, 0.2) is 12.2 Å². The zero-order valence-corrected chi connectivity index (χ0v) is 9.72. The SMILES string of the molecule is CCCC/C=C\C(C)(O)C(C)(C)C. The van der Waals surface area contributed by atoms with Crippen molar-refractivity contribution in [2.24, 2.45) is 5.41 Å². The van der Waals surface area contributed by atoms with Gasteiger partial charge in [0, 0.05) is 0 Å². The van der Waals surface area contributed by atoms with Crippen molar-refractivity contribution in [3.8, 4) is 0 Å². The fourth-order valence-electron chi connectivity index (χ4n) is 0.885. The first-order chi connectivity index (χ1) is 5.81. The van der Waals surface area contributed by atoms with Gasteiger partial charge in [0.15, 0.2) is 0 Å². The van der Waals surface area contributed by atoms with E-state index >= 15 is 0 Å². The van der Waals surface area contributed by atoms with E-state index in [9.17, 15) is 5.11 Å². The summed E-state index contributed by atoms with van der Waals surface area (Å²) in [4.78, 5) is 0. The number of rotatable bonds is 4. The van der Waals surface area contributed by atoms with Crippen molar-refractivity contribution in [3.63, 3.8) is 0 Å². The van der Waals surface area contributed by atoms with Crippen LogP contribution in [0.3, 0.4) is 0 Å². The van der Waals surface area contributed by atoms with E-state index in [1.807, 2.05) is 13.0 Å². The van der Waals surface area contributed by atoms with Crippen molar-refractivity contribution in [1.82, 2.24) is 0 Å². The van der Waals surface area contributed by atoms with Crippen LogP contribution >= 0.6 is 0 Å². The molecule has 0 aromatic heterocycles. The lowest BCUT2D eigenvalue weighted by Crippen LogP contribution is -2.37. The van der Waals surface area contributed by atoms with Crippen molar-refractivity contribution < 1.29 is 5.11 Å². The molecule has 0 fully saturated rings. The molecule has 0 aromatic rings. The van der Waals surface area contributed by atoms with Crippen molar-refractivity contribution in [1.29, 1.82) is 0 Å². The van der Waals surface area contributed by atoms with Gasteiger partial charge in [0.1, 0.15) is 0 Å². The highest BCUT2D eigenvalue weighted by Gasteiger charge is 2.32. The van der Waals surface area contributed by atoms with Crippen molar-refractivity contribution in [2.45, 2.75) is 59.5 Å². The fourth-order valence-corrected chi connectivity index (χ4v) is 0.885. The molecular formula is C12H24O. The third-order valence-electron chi connectivity index (χ3n) is 2.69. The third kappa shape index (κ3) is 4.47. The molecule has 1 unspecified atom stereocenters. The summed E-state index contributed by atoms with van der Waals surface area (Å²) in [6.45, 7) is 10.2. The molecule has 0 aromatic carbocycles. The Morgan fingerprint density at radius 1 is 1.15 bits per heavy atom. The quantitative estimate of drug-likeness (QED) is 0.523. The minimum Gasteiger partial charge on any atom is -0.386 e. The molecule has 0 aliphatic rings. The number of hydrogen-bond acceptors (Lipinski definition) is 1. The van der Waals surface area contributed by atoms with E-state index in [-0.39, 0.29) is 5.41 Å². The van der Waals surface area contributed by atoms with Crippen LogP contribution in [0.25, 0.3) is 0 Å². The van der Waals surface area contributed by atoms with Crippen LogP contribution in [0.5, 0.6) is 0 Å². The number of aliphatic hydroxyl groups is 1. The Morgan fingerprint density at radius 2 is 1.69 bits per heavy atom. The first-order valence-electron chi connectivity index (χ1n) is 5.21. The van der Waals surface area contributed by atoms with Gasteiger partial charge in [-0.15, -0.1) is 0 Å². The molecule has 1 N–H and O–H groups in total. The van der Waals surface area contributed by atoms with Crippen molar-refractivity contribution >= 4 is 0 Å². The second kappa shape index (κ2) is 4.80. The van der Waals surface area contributed by atoms with Gasteiger partial charge >= 0.3 is 0 Å². The molecular weight excluding hydrogens is 160 g/mol. The lowest BCUT2D eigenvalue weighted by molar-refractivity contribution is 0.00340. The smallest absolute Gasteiger partial charge is 0.0847 e. The summed E-state index contributed by atoms with van der Waals surface area (Å²) in [5.41, 5.74) is -0.781. The predicted octanol–water partition coefficient (Wildman–Crippen LogP) is 3.53. The Labute approximate surface area is 82.9 Å². The molecule has 1 atom stereocenters. The molecule has 0 aliphatic carbocycles. The molecule has 0 saturated carbocycles. The Hall–Kier alpha value is -0.300. The number of unbranched alkanes of at least 4 members (excludes halogenated alkanes) is 2. The standard InChI is InChI=1S/C12H24O/c1-6-7-8-9-10-12(5,13)11(2,3)4/h9-10,13H,6-8H2,1-5H3/b10-9-. The van der Waals surface area contributed by atoms with Crippen molar-refractivity contribution in [2.75, 3.05) is 0 Å². The average molecular weight is 184 g/mol. The fraction of sp³-hybridized carbons (Fsp3) is 0.833. The van der Waals surface area contributed by atoms with Gasteiger partial charge in [-0.25, -0.2) is 0 Å². The molecule has 0 spiro atoms. The molecule has 0 amide bonds. The molecule has 78 valence electrons. The van der Waals surface area contributed by atoms with Gasteiger partial charge in [-0.05, 0) is 18.8 Å². The molecule has 0 saturated heterocycles. The molecule has 1 heteroatoms. The summed E-state index contributed by atoms with van der Waals surface area (Å²) in [6.07, 6.45) is 7.51. The lowest BCUT2D eigenvalue weighted by atomic mass is 9.77. The van der Waals surface area contributed by atoms with E-state index in [1.165, 1.54) is 12.8 Å². The minimum absolute atomic E-state index is 0.0876. The zero-order valence-electron chi connectivity index (χ0n) is 9.72. The molecule has 13 heavy (non-hydrogen) atoms. The summed E-state index contributed by atoms with van der Waals surface area (Å²) in [7, 11) is 0. The molecule has 1 nitrogen and oxygen atoms in total. The Balaban J connectivity index is 4.09. The molecule has 0 aliphatic heterocycles. The van der Waals surface area contributed by atoms with E-state index in [1.54, 1.807) is 0 Å². The zero-order chi connectivity index (χ0) is 10.5. The average Bonchev–Trinajstić information content (AvgIpc) is 1.96. The maximum Gasteiger partial charge on any atom is 0.0847 e. The van der Waals surface area contributed by atoms with Crippen LogP contribution in [-0.4, -0.2) is 10.7 Å². The summed E-state index contributed by atoms with van der Waals surface area (Å²) >= 11 is 0. The minimum atomic E-state index is -0.694. The normalized spacial score (nSPS) is 17.7. The summed E-state index contributed by atoms with van der Waals surface area (Å²) in [6, 6.07) is 0. The van der Waals surface area contributed by atoms with Gasteiger partial charge < -0.3 is 5.11 Å². The highest BCUT2D eigenvalue weighted by Crippen LogP contribution is 2.30. The topological polar surface area (TPSA) is 20.2 Å². The number of hydrogen-bond donors (Lipinski definition) is 1. The van der Waals surface area contributed by atoms with E-state index in [2.05, 4.69) is 33.8 Å². The maximum atomic E-state index is 10.1.